The fourth-order valence-electron chi connectivity index (χ4n) is 7.03. The number of rotatable bonds is 9. The van der Waals surface area contributed by atoms with E-state index >= 15 is 0 Å². The van der Waals surface area contributed by atoms with Crippen LogP contribution in [0.15, 0.2) is 23.3 Å². The van der Waals surface area contributed by atoms with Gasteiger partial charge in [0.05, 0.1) is 11.3 Å². The average Bonchev–Trinajstić information content (AvgIpc) is 3.02. The van der Waals surface area contributed by atoms with Crippen molar-refractivity contribution in [3.8, 4) is 0 Å². The first-order valence-corrected chi connectivity index (χ1v) is 14.8. The van der Waals surface area contributed by atoms with Crippen LogP contribution in [0.5, 0.6) is 0 Å². The minimum absolute atomic E-state index is 0.0355. The number of hydrogen-bond acceptors (Lipinski definition) is 8. The maximum Gasteiger partial charge on any atom is 0.309 e. The molecule has 226 valence electrons. The summed E-state index contributed by atoms with van der Waals surface area (Å²) in [7, 11) is 0. The van der Waals surface area contributed by atoms with Crippen molar-refractivity contribution in [2.24, 2.45) is 34.5 Å². The smallest absolute Gasteiger partial charge is 0.309 e. The molecule has 1 fully saturated rings. The van der Waals surface area contributed by atoms with Crippen LogP contribution in [0.2, 0.25) is 0 Å². The molecule has 0 aromatic heterocycles. The number of allylic oxidation sites excluding steroid dienone is 1. The molecule has 0 amide bonds. The highest BCUT2D eigenvalue weighted by Crippen LogP contribution is 2.63. The number of aliphatic hydroxyl groups is 3. The van der Waals surface area contributed by atoms with Gasteiger partial charge < -0.3 is 24.8 Å². The van der Waals surface area contributed by atoms with Crippen molar-refractivity contribution >= 4 is 17.7 Å². The SMILES string of the molecule is CCCCCC(=O)O[C@]1(C)CC(C)C23C=C(C)C(O)C2(O)C(O)C(COC(=O)C(C)C(C)C)=CC(C3=O)C1(C)C. The topological polar surface area (TPSA) is 130 Å². The second kappa shape index (κ2) is 11.3. The molecule has 0 aromatic carbocycles. The van der Waals surface area contributed by atoms with Crippen LogP contribution in [0.3, 0.4) is 0 Å². The van der Waals surface area contributed by atoms with Gasteiger partial charge in [0.25, 0.3) is 0 Å². The molecule has 40 heavy (non-hydrogen) atoms. The number of ether oxygens (including phenoxy) is 2. The molecule has 0 aromatic rings. The van der Waals surface area contributed by atoms with E-state index in [-0.39, 0.29) is 42.7 Å². The third-order valence-corrected chi connectivity index (χ3v) is 10.5. The molecular formula is C32H50O8. The zero-order valence-corrected chi connectivity index (χ0v) is 25.7. The summed E-state index contributed by atoms with van der Waals surface area (Å²) in [5, 5.41) is 35.3. The molecule has 8 atom stereocenters. The lowest BCUT2D eigenvalue weighted by Crippen LogP contribution is -2.65. The standard InChI is InChI=1S/C32H50O8/c1-10-11-12-13-24(33)40-30(9)16-20(5)31-15-19(4)25(34)32(31,38)26(35)22(14-23(27(31)36)29(30,7)8)17-39-28(37)21(6)18(2)3/h14-15,18,20-21,23,25-26,34-35,38H,10-13,16-17H2,1-9H3/t20?,21?,23?,25?,26?,30-,31?,32?/m1/s1. The second-order valence-corrected chi connectivity index (χ2v) is 13.6. The highest BCUT2D eigenvalue weighted by Gasteiger charge is 2.73. The summed E-state index contributed by atoms with van der Waals surface area (Å²) in [5.74, 6) is -3.04. The van der Waals surface area contributed by atoms with Gasteiger partial charge in [-0.15, -0.1) is 0 Å². The fraction of sp³-hybridized carbons (Fsp3) is 0.781. The monoisotopic (exact) mass is 562 g/mol. The van der Waals surface area contributed by atoms with Gasteiger partial charge in [0.1, 0.15) is 30.0 Å². The van der Waals surface area contributed by atoms with Crippen molar-refractivity contribution in [3.05, 3.63) is 23.3 Å². The number of unbranched alkanes of at least 4 members (excludes halogenated alkanes) is 2. The highest BCUT2D eigenvalue weighted by atomic mass is 16.6. The summed E-state index contributed by atoms with van der Waals surface area (Å²) in [6.07, 6.45) is 3.07. The van der Waals surface area contributed by atoms with Crippen molar-refractivity contribution in [1.29, 1.82) is 0 Å². The van der Waals surface area contributed by atoms with E-state index in [1.807, 2.05) is 34.6 Å². The molecular weight excluding hydrogens is 512 g/mol. The molecule has 3 rings (SSSR count). The van der Waals surface area contributed by atoms with E-state index in [4.69, 9.17) is 9.47 Å². The lowest BCUT2D eigenvalue weighted by molar-refractivity contribution is -0.192. The summed E-state index contributed by atoms with van der Waals surface area (Å²) in [6, 6.07) is 0. The summed E-state index contributed by atoms with van der Waals surface area (Å²) in [4.78, 5) is 40.4. The van der Waals surface area contributed by atoms with E-state index < -0.39 is 58.0 Å². The average molecular weight is 563 g/mol. The Kier molecular flexibility index (Phi) is 9.20. The Bertz CT molecular complexity index is 1070. The van der Waals surface area contributed by atoms with Crippen molar-refractivity contribution in [3.63, 3.8) is 0 Å². The first-order valence-electron chi connectivity index (χ1n) is 14.8. The molecule has 3 aliphatic rings. The van der Waals surface area contributed by atoms with Crippen molar-refractivity contribution in [2.75, 3.05) is 6.61 Å². The minimum Gasteiger partial charge on any atom is -0.461 e. The fourth-order valence-corrected chi connectivity index (χ4v) is 7.03. The van der Waals surface area contributed by atoms with Gasteiger partial charge in [-0.3, -0.25) is 14.4 Å². The Hall–Kier alpha value is -2.03. The molecule has 1 spiro atoms. The predicted molar refractivity (Wildman–Crippen MR) is 151 cm³/mol. The van der Waals surface area contributed by atoms with Gasteiger partial charge in [-0.1, -0.05) is 73.5 Å². The minimum atomic E-state index is -2.29. The van der Waals surface area contributed by atoms with Gasteiger partial charge in [-0.05, 0) is 49.7 Å². The van der Waals surface area contributed by atoms with E-state index in [0.717, 1.165) is 12.8 Å². The first-order chi connectivity index (χ1) is 18.4. The van der Waals surface area contributed by atoms with E-state index in [0.29, 0.717) is 12.0 Å². The summed E-state index contributed by atoms with van der Waals surface area (Å²) in [5.41, 5.74) is -5.50. The zero-order chi connectivity index (χ0) is 30.4. The lowest BCUT2D eigenvalue weighted by Gasteiger charge is -2.48. The van der Waals surface area contributed by atoms with E-state index in [1.54, 1.807) is 32.9 Å². The molecule has 2 bridgehead atoms. The number of fused-ring (bicyclic) bond motifs is 1. The first kappa shape index (κ1) is 32.5. The van der Waals surface area contributed by atoms with E-state index in [2.05, 4.69) is 6.92 Å². The Morgan fingerprint density at radius 1 is 1.10 bits per heavy atom. The number of carbonyl (C=O) groups is 3. The molecule has 7 unspecified atom stereocenters. The molecule has 0 saturated heterocycles. The Morgan fingerprint density at radius 2 is 1.73 bits per heavy atom. The summed E-state index contributed by atoms with van der Waals surface area (Å²) >= 11 is 0. The Labute approximate surface area is 239 Å². The van der Waals surface area contributed by atoms with Crippen LogP contribution < -0.4 is 0 Å². The maximum absolute atomic E-state index is 14.7. The van der Waals surface area contributed by atoms with Crippen LogP contribution in [0.25, 0.3) is 0 Å². The third kappa shape index (κ3) is 4.88. The normalized spacial score (nSPS) is 37.6. The molecule has 3 aliphatic carbocycles. The van der Waals surface area contributed by atoms with Crippen LogP contribution >= 0.6 is 0 Å². The van der Waals surface area contributed by atoms with Crippen molar-refractivity contribution in [1.82, 2.24) is 0 Å². The zero-order valence-electron chi connectivity index (χ0n) is 25.7. The highest BCUT2D eigenvalue weighted by molar-refractivity contribution is 5.95. The van der Waals surface area contributed by atoms with Crippen LogP contribution in [0.1, 0.15) is 94.4 Å². The molecule has 8 heteroatoms. The van der Waals surface area contributed by atoms with E-state index in [1.165, 1.54) is 0 Å². The van der Waals surface area contributed by atoms with Gasteiger partial charge >= 0.3 is 11.9 Å². The van der Waals surface area contributed by atoms with Gasteiger partial charge in [-0.25, -0.2) is 0 Å². The van der Waals surface area contributed by atoms with Crippen molar-refractivity contribution < 1.29 is 39.2 Å². The molecule has 1 saturated carbocycles. The van der Waals surface area contributed by atoms with Crippen LogP contribution in [0, 0.1) is 34.5 Å². The number of esters is 2. The second-order valence-electron chi connectivity index (χ2n) is 13.6. The number of Topliss-reactive ketones (excluding diaryl/α,β-unsaturated/α-hetero) is 1. The van der Waals surface area contributed by atoms with Crippen LogP contribution in [-0.4, -0.2) is 63.1 Å². The quantitative estimate of drug-likeness (QED) is 0.216. The van der Waals surface area contributed by atoms with E-state index in [9.17, 15) is 29.7 Å². The lowest BCUT2D eigenvalue weighted by atomic mass is 9.59. The van der Waals surface area contributed by atoms with Gasteiger partial charge in [-0.2, -0.15) is 0 Å². The maximum atomic E-state index is 14.7. The summed E-state index contributed by atoms with van der Waals surface area (Å²) < 4.78 is 11.8. The van der Waals surface area contributed by atoms with Crippen LogP contribution in [0.4, 0.5) is 0 Å². The Morgan fingerprint density at radius 3 is 2.30 bits per heavy atom. The number of aliphatic hydroxyl groups excluding tert-OH is 2. The molecule has 0 aliphatic heterocycles. The number of ketones is 1. The molecule has 8 nitrogen and oxygen atoms in total. The molecule has 0 heterocycles. The van der Waals surface area contributed by atoms with Gasteiger partial charge in [0.2, 0.25) is 0 Å². The summed E-state index contributed by atoms with van der Waals surface area (Å²) in [6.45, 7) is 16.3. The molecule has 3 N–H and O–H groups in total. The van der Waals surface area contributed by atoms with Gasteiger partial charge in [0, 0.05) is 17.8 Å². The predicted octanol–water partition coefficient (Wildman–Crippen LogP) is 4.29. The molecule has 0 radical (unpaired) electrons. The number of carbonyl (C=O) groups excluding carboxylic acids is 3. The van der Waals surface area contributed by atoms with Crippen LogP contribution in [-0.2, 0) is 23.9 Å². The largest absolute Gasteiger partial charge is 0.461 e. The Balaban J connectivity index is 2.16. The van der Waals surface area contributed by atoms with Crippen molar-refractivity contribution in [2.45, 2.75) is 118 Å². The third-order valence-electron chi connectivity index (χ3n) is 10.5. The van der Waals surface area contributed by atoms with Gasteiger partial charge in [0.15, 0.2) is 5.78 Å². The number of hydrogen-bond donors (Lipinski definition) is 3.